The van der Waals surface area contributed by atoms with Crippen LogP contribution in [0.4, 0.5) is 9.59 Å². The largest absolute Gasteiger partial charge is 0.450 e. The summed E-state index contributed by atoms with van der Waals surface area (Å²) in [5, 5.41) is 7.40. The van der Waals surface area contributed by atoms with Crippen LogP contribution in [0.5, 0.6) is 0 Å². The van der Waals surface area contributed by atoms with E-state index in [-0.39, 0.29) is 32.5 Å². The van der Waals surface area contributed by atoms with E-state index in [1.54, 1.807) is 13.8 Å². The number of benzene rings is 1. The molecule has 48 heavy (non-hydrogen) atoms. The molecule has 0 spiro atoms. The van der Waals surface area contributed by atoms with Crippen molar-refractivity contribution in [2.75, 3.05) is 13.2 Å². The highest BCUT2D eigenvalue weighted by molar-refractivity contribution is 7.91. The van der Waals surface area contributed by atoms with Gasteiger partial charge in [-0.15, -0.1) is 6.58 Å². The third kappa shape index (κ3) is 8.00. The maximum atomic E-state index is 14.0. The summed E-state index contributed by atoms with van der Waals surface area (Å²) >= 11 is 0. The summed E-state index contributed by atoms with van der Waals surface area (Å²) in [5.41, 5.74) is 0.162. The Morgan fingerprint density at radius 1 is 1.15 bits per heavy atom. The summed E-state index contributed by atoms with van der Waals surface area (Å²) < 4.78 is 38.2. The lowest BCUT2D eigenvalue weighted by atomic mass is 10.0. The topological polar surface area (TPSA) is 189 Å². The zero-order valence-corrected chi connectivity index (χ0v) is 27.9. The Hall–Kier alpha value is -4.40. The van der Waals surface area contributed by atoms with Crippen molar-refractivity contribution in [2.24, 2.45) is 11.8 Å². The predicted molar refractivity (Wildman–Crippen MR) is 174 cm³/mol. The second kappa shape index (κ2) is 14.4. The van der Waals surface area contributed by atoms with E-state index in [2.05, 4.69) is 27.3 Å². The smallest absolute Gasteiger partial charge is 0.407 e. The van der Waals surface area contributed by atoms with Crippen LogP contribution < -0.4 is 20.7 Å². The number of ether oxygens (including phenoxy) is 2. The van der Waals surface area contributed by atoms with E-state index in [9.17, 15) is 32.4 Å². The Bertz CT molecular complexity index is 1590. The molecule has 2 heterocycles. The third-order valence-electron chi connectivity index (χ3n) is 9.10. The molecule has 1 aromatic rings. The Labute approximate surface area is 280 Å². The lowest BCUT2D eigenvalue weighted by Gasteiger charge is -2.31. The van der Waals surface area contributed by atoms with Crippen molar-refractivity contribution in [3.8, 4) is 0 Å². The van der Waals surface area contributed by atoms with Gasteiger partial charge in [-0.1, -0.05) is 56.3 Å². The number of hydrogen-bond acceptors (Lipinski definition) is 9. The average molecular weight is 686 g/mol. The fourth-order valence-electron chi connectivity index (χ4n) is 6.05. The number of fused-ring (bicyclic) bond motifs is 3. The first-order valence-corrected chi connectivity index (χ1v) is 17.8. The van der Waals surface area contributed by atoms with Gasteiger partial charge in [0.1, 0.15) is 23.7 Å². The number of nitrogens with one attached hydrogen (secondary N) is 4. The fraction of sp³-hybridized carbons (Fsp3) is 0.545. The summed E-state index contributed by atoms with van der Waals surface area (Å²) in [6.07, 6.45) is 4.97. The number of carbonyl (C=O) groups is 5. The lowest BCUT2D eigenvalue weighted by molar-refractivity contribution is -0.141. The molecule has 0 aromatic heterocycles. The van der Waals surface area contributed by atoms with Crippen molar-refractivity contribution in [2.45, 2.75) is 87.9 Å². The maximum Gasteiger partial charge on any atom is 0.407 e. The van der Waals surface area contributed by atoms with Gasteiger partial charge in [-0.2, -0.15) is 0 Å². The number of nitrogens with zero attached hydrogens (tertiary/aromatic N) is 1. The quantitative estimate of drug-likeness (QED) is 0.312. The molecule has 5 atom stereocenters. The van der Waals surface area contributed by atoms with E-state index < -0.39 is 80.7 Å². The number of alkyl carbamates (subject to hydrolysis) is 2. The van der Waals surface area contributed by atoms with Crippen LogP contribution in [0.15, 0.2) is 43.0 Å². The van der Waals surface area contributed by atoms with Gasteiger partial charge in [-0.05, 0) is 49.1 Å². The Balaban J connectivity index is 1.38. The van der Waals surface area contributed by atoms with Crippen LogP contribution in [-0.2, 0) is 40.4 Å². The van der Waals surface area contributed by atoms with Crippen LogP contribution in [0.2, 0.25) is 0 Å². The summed E-state index contributed by atoms with van der Waals surface area (Å²) in [5.74, 6) is -3.15. The highest BCUT2D eigenvalue weighted by atomic mass is 32.2. The first kappa shape index (κ1) is 34.9. The molecule has 5 rings (SSSR count). The summed E-state index contributed by atoms with van der Waals surface area (Å²) in [4.78, 5) is 68.1. The molecule has 260 valence electrons. The van der Waals surface area contributed by atoms with E-state index in [1.807, 2.05) is 36.4 Å². The number of carbonyl (C=O) groups excluding carboxylic acids is 5. The highest BCUT2D eigenvalue weighted by Gasteiger charge is 2.62. The Morgan fingerprint density at radius 2 is 1.90 bits per heavy atom. The second-order valence-corrected chi connectivity index (χ2v) is 15.0. The molecule has 4 aliphatic rings. The third-order valence-corrected chi connectivity index (χ3v) is 10.9. The maximum absolute atomic E-state index is 14.0. The van der Waals surface area contributed by atoms with Gasteiger partial charge in [0.2, 0.25) is 21.8 Å². The van der Waals surface area contributed by atoms with Gasteiger partial charge in [0, 0.05) is 18.9 Å². The molecule has 5 amide bonds. The van der Waals surface area contributed by atoms with E-state index in [4.69, 9.17) is 9.47 Å². The highest BCUT2D eigenvalue weighted by Crippen LogP contribution is 2.45. The molecule has 1 saturated heterocycles. The van der Waals surface area contributed by atoms with Crippen LogP contribution >= 0.6 is 0 Å². The summed E-state index contributed by atoms with van der Waals surface area (Å²) in [7, 11) is -3.90. The van der Waals surface area contributed by atoms with Crippen molar-refractivity contribution in [3.05, 3.63) is 54.1 Å². The minimum Gasteiger partial charge on any atom is -0.450 e. The molecular formula is C33H43N5O9S. The van der Waals surface area contributed by atoms with Gasteiger partial charge in [0.15, 0.2) is 0 Å². The minimum absolute atomic E-state index is 0.101. The summed E-state index contributed by atoms with van der Waals surface area (Å²) in [6, 6.07) is 5.22. The van der Waals surface area contributed by atoms with Gasteiger partial charge < -0.3 is 30.3 Å². The van der Waals surface area contributed by atoms with Crippen molar-refractivity contribution in [1.29, 1.82) is 0 Å². The second-order valence-electron chi connectivity index (χ2n) is 13.1. The lowest BCUT2D eigenvalue weighted by Crippen LogP contribution is -2.59. The van der Waals surface area contributed by atoms with Gasteiger partial charge in [0.05, 0.1) is 18.4 Å². The number of allylic oxidation sites excluding steroid dienone is 1. The first-order valence-electron chi connectivity index (χ1n) is 16.3. The zero-order valence-electron chi connectivity index (χ0n) is 27.1. The summed E-state index contributed by atoms with van der Waals surface area (Å²) in [6.45, 7) is 7.29. The minimum atomic E-state index is -3.90. The van der Waals surface area contributed by atoms with E-state index in [0.717, 1.165) is 11.1 Å². The number of amides is 5. The molecule has 3 fully saturated rings. The van der Waals surface area contributed by atoms with Crippen LogP contribution in [0, 0.1) is 11.8 Å². The van der Waals surface area contributed by atoms with Crippen LogP contribution in [0.1, 0.15) is 63.5 Å². The number of hydrogen-bond donors (Lipinski definition) is 4. The Kier molecular flexibility index (Phi) is 10.5. The zero-order chi connectivity index (χ0) is 34.6. The SMILES string of the molecule is C=C[C@@H]1C[C@]1(NC(=O)[C@@H]1C[C@@H]2CN1C(=O)[C@H](C(C)C)NC(=O)OCCC/C=C/c1ccccc1CNC(=O)O2)C(=O)NS(=O)(=O)C1CC1. The molecule has 1 aromatic carbocycles. The molecule has 14 nitrogen and oxygen atoms in total. The molecule has 2 bridgehead atoms. The molecule has 15 heteroatoms. The Morgan fingerprint density at radius 3 is 2.58 bits per heavy atom. The van der Waals surface area contributed by atoms with Crippen molar-refractivity contribution in [3.63, 3.8) is 0 Å². The molecule has 2 aliphatic heterocycles. The molecular weight excluding hydrogens is 642 g/mol. The van der Waals surface area contributed by atoms with Gasteiger partial charge >= 0.3 is 12.2 Å². The molecule has 4 N–H and O–H groups in total. The van der Waals surface area contributed by atoms with Crippen molar-refractivity contribution in [1.82, 2.24) is 25.6 Å². The average Bonchev–Trinajstić information content (AvgIpc) is 3.97. The molecule has 0 unspecified atom stereocenters. The van der Waals surface area contributed by atoms with Crippen molar-refractivity contribution >= 4 is 46.0 Å². The van der Waals surface area contributed by atoms with E-state index in [1.165, 1.54) is 11.0 Å². The van der Waals surface area contributed by atoms with Crippen LogP contribution in [0.3, 0.4) is 0 Å². The molecule has 0 radical (unpaired) electrons. The number of sulfonamides is 1. The van der Waals surface area contributed by atoms with Crippen LogP contribution in [0.25, 0.3) is 6.08 Å². The first-order chi connectivity index (χ1) is 22.8. The van der Waals surface area contributed by atoms with Gasteiger partial charge in [-0.3, -0.25) is 19.1 Å². The number of rotatable bonds is 7. The van der Waals surface area contributed by atoms with Gasteiger partial charge in [-0.25, -0.2) is 18.0 Å². The van der Waals surface area contributed by atoms with Crippen LogP contribution in [-0.4, -0.2) is 85.4 Å². The van der Waals surface area contributed by atoms with E-state index in [0.29, 0.717) is 25.7 Å². The van der Waals surface area contributed by atoms with Gasteiger partial charge in [0.25, 0.3) is 5.91 Å². The fourth-order valence-corrected chi connectivity index (χ4v) is 7.41. The standard InChI is InChI=1S/C33H43N5O9S/c1-4-23-17-33(23,30(41)37-48(44,45)25-13-14-25)36-28(39)26-16-24-19-38(26)29(40)27(20(2)3)35-32(43)46-15-9-5-6-10-21-11-7-8-12-22(21)18-34-31(42)47-24/h4,6-8,10-12,20,23-27H,1,5,9,13-19H2,2-3H3,(H,34,42)(H,35,43)(H,36,39)(H,37,41)/b10-6+/t23-,24-,26+,27+,33-/m1/s1. The normalized spacial score (nSPS) is 29.0. The molecule has 2 aliphatic carbocycles. The molecule has 2 saturated carbocycles. The number of cyclic esters (lactones) is 1. The van der Waals surface area contributed by atoms with E-state index >= 15 is 0 Å². The van der Waals surface area contributed by atoms with Crippen molar-refractivity contribution < 1.29 is 41.9 Å². The predicted octanol–water partition coefficient (Wildman–Crippen LogP) is 2.11. The monoisotopic (exact) mass is 685 g/mol.